The van der Waals surface area contributed by atoms with Crippen molar-refractivity contribution in [3.63, 3.8) is 0 Å². The van der Waals surface area contributed by atoms with Gasteiger partial charge in [-0.05, 0) is 31.2 Å². The average Bonchev–Trinajstić information content (AvgIpc) is 2.44. The molecular formula is C15H15ClN2O2. The smallest absolute Gasteiger partial charge is 0.257 e. The first-order chi connectivity index (χ1) is 9.63. The SMILES string of the molecule is CCOc1ccccc1NC(=O)c1cccc(N)c1Cl. The molecule has 20 heavy (non-hydrogen) atoms. The Kier molecular flexibility index (Phi) is 4.48. The third kappa shape index (κ3) is 3.03. The first kappa shape index (κ1) is 14.2. The van der Waals surface area contributed by atoms with Crippen molar-refractivity contribution >= 4 is 28.9 Å². The minimum absolute atomic E-state index is 0.249. The summed E-state index contributed by atoms with van der Waals surface area (Å²) in [7, 11) is 0. The van der Waals surface area contributed by atoms with E-state index in [-0.39, 0.29) is 10.9 Å². The molecule has 0 aliphatic carbocycles. The van der Waals surface area contributed by atoms with Gasteiger partial charge in [0.15, 0.2) is 0 Å². The molecule has 0 aliphatic heterocycles. The van der Waals surface area contributed by atoms with Gasteiger partial charge < -0.3 is 15.8 Å². The number of amides is 1. The van der Waals surface area contributed by atoms with E-state index >= 15 is 0 Å². The first-order valence-corrected chi connectivity index (χ1v) is 6.58. The van der Waals surface area contributed by atoms with E-state index in [0.29, 0.717) is 29.3 Å². The second-order valence-electron chi connectivity index (χ2n) is 4.09. The molecule has 0 radical (unpaired) electrons. The lowest BCUT2D eigenvalue weighted by atomic mass is 10.2. The summed E-state index contributed by atoms with van der Waals surface area (Å²) in [6.45, 7) is 2.40. The molecular weight excluding hydrogens is 276 g/mol. The summed E-state index contributed by atoms with van der Waals surface area (Å²) in [5.41, 5.74) is 6.99. The van der Waals surface area contributed by atoms with Crippen LogP contribution in [0.3, 0.4) is 0 Å². The Morgan fingerprint density at radius 1 is 1.25 bits per heavy atom. The summed E-state index contributed by atoms with van der Waals surface area (Å²) in [6.07, 6.45) is 0. The van der Waals surface area contributed by atoms with E-state index in [1.165, 1.54) is 0 Å². The molecule has 104 valence electrons. The molecule has 0 aromatic heterocycles. The first-order valence-electron chi connectivity index (χ1n) is 6.20. The molecule has 0 unspecified atom stereocenters. The topological polar surface area (TPSA) is 64.3 Å². The summed E-state index contributed by atoms with van der Waals surface area (Å²) >= 11 is 6.04. The quantitative estimate of drug-likeness (QED) is 0.846. The van der Waals surface area contributed by atoms with E-state index in [1.807, 2.05) is 19.1 Å². The summed E-state index contributed by atoms with van der Waals surface area (Å²) < 4.78 is 5.46. The van der Waals surface area contributed by atoms with E-state index in [0.717, 1.165) is 0 Å². The highest BCUT2D eigenvalue weighted by Gasteiger charge is 2.14. The van der Waals surface area contributed by atoms with Gasteiger partial charge in [0, 0.05) is 0 Å². The van der Waals surface area contributed by atoms with Gasteiger partial charge in [-0.1, -0.05) is 29.8 Å². The van der Waals surface area contributed by atoms with Gasteiger partial charge in [-0.25, -0.2) is 0 Å². The number of nitrogens with two attached hydrogens (primary N) is 1. The Balaban J connectivity index is 2.26. The number of nitrogens with one attached hydrogen (secondary N) is 1. The molecule has 0 saturated heterocycles. The third-order valence-corrected chi connectivity index (χ3v) is 3.13. The number of rotatable bonds is 4. The zero-order chi connectivity index (χ0) is 14.5. The van der Waals surface area contributed by atoms with Crippen LogP contribution in [-0.2, 0) is 0 Å². The summed E-state index contributed by atoms with van der Waals surface area (Å²) in [5, 5.41) is 3.02. The monoisotopic (exact) mass is 290 g/mol. The molecule has 2 aromatic rings. The second kappa shape index (κ2) is 6.30. The minimum Gasteiger partial charge on any atom is -0.492 e. The Morgan fingerprint density at radius 3 is 2.75 bits per heavy atom. The number of nitrogen functional groups attached to an aromatic ring is 1. The van der Waals surface area contributed by atoms with Crippen molar-refractivity contribution in [3.8, 4) is 5.75 Å². The maximum atomic E-state index is 12.2. The summed E-state index contributed by atoms with van der Waals surface area (Å²) in [6, 6.07) is 12.2. The number of carbonyl (C=O) groups is 1. The number of carbonyl (C=O) groups excluding carboxylic acids is 1. The molecule has 0 heterocycles. The predicted molar refractivity (Wildman–Crippen MR) is 81.4 cm³/mol. The number of hydrogen-bond acceptors (Lipinski definition) is 3. The molecule has 2 aromatic carbocycles. The van der Waals surface area contributed by atoms with E-state index < -0.39 is 0 Å². The van der Waals surface area contributed by atoms with Gasteiger partial charge in [0.2, 0.25) is 0 Å². The molecule has 0 aliphatic rings. The van der Waals surface area contributed by atoms with Gasteiger partial charge >= 0.3 is 0 Å². The van der Waals surface area contributed by atoms with Crippen LogP contribution in [0.5, 0.6) is 5.75 Å². The molecule has 3 N–H and O–H groups in total. The van der Waals surface area contributed by atoms with Gasteiger partial charge in [-0.15, -0.1) is 0 Å². The Hall–Kier alpha value is -2.20. The Labute approximate surface area is 122 Å². The maximum absolute atomic E-state index is 12.2. The fourth-order valence-corrected chi connectivity index (χ4v) is 1.98. The fourth-order valence-electron chi connectivity index (χ4n) is 1.77. The van der Waals surface area contributed by atoms with Crippen molar-refractivity contribution in [1.29, 1.82) is 0 Å². The lowest BCUT2D eigenvalue weighted by molar-refractivity contribution is 0.102. The predicted octanol–water partition coefficient (Wildman–Crippen LogP) is 3.57. The minimum atomic E-state index is -0.325. The highest BCUT2D eigenvalue weighted by Crippen LogP contribution is 2.27. The normalized spacial score (nSPS) is 10.1. The fraction of sp³-hybridized carbons (Fsp3) is 0.133. The lowest BCUT2D eigenvalue weighted by Gasteiger charge is -2.12. The van der Waals surface area contributed by atoms with Crippen LogP contribution in [0.1, 0.15) is 17.3 Å². The van der Waals surface area contributed by atoms with Crippen LogP contribution in [0.25, 0.3) is 0 Å². The van der Waals surface area contributed by atoms with Gasteiger partial charge in [-0.2, -0.15) is 0 Å². The van der Waals surface area contributed by atoms with E-state index in [9.17, 15) is 4.79 Å². The molecule has 1 amide bonds. The third-order valence-electron chi connectivity index (χ3n) is 2.71. The van der Waals surface area contributed by atoms with Crippen molar-refractivity contribution in [2.24, 2.45) is 0 Å². The molecule has 0 spiro atoms. The van der Waals surface area contributed by atoms with E-state index in [1.54, 1.807) is 30.3 Å². The molecule has 2 rings (SSSR count). The zero-order valence-corrected chi connectivity index (χ0v) is 11.8. The molecule has 0 atom stereocenters. The second-order valence-corrected chi connectivity index (χ2v) is 4.47. The van der Waals surface area contributed by atoms with Crippen molar-refractivity contribution in [2.45, 2.75) is 6.92 Å². The number of hydrogen-bond donors (Lipinski definition) is 2. The maximum Gasteiger partial charge on any atom is 0.257 e. The van der Waals surface area contributed by atoms with Gasteiger partial charge in [0.25, 0.3) is 5.91 Å². The van der Waals surface area contributed by atoms with Crippen LogP contribution in [0.4, 0.5) is 11.4 Å². The van der Waals surface area contributed by atoms with E-state index in [2.05, 4.69) is 5.32 Å². The van der Waals surface area contributed by atoms with Crippen LogP contribution < -0.4 is 15.8 Å². The molecule has 0 fully saturated rings. The van der Waals surface area contributed by atoms with Crippen LogP contribution in [-0.4, -0.2) is 12.5 Å². The molecule has 5 heteroatoms. The standard InChI is InChI=1S/C15H15ClN2O2/c1-2-20-13-9-4-3-8-12(13)18-15(19)10-6-5-7-11(17)14(10)16/h3-9H,2,17H2,1H3,(H,18,19). The number of para-hydroxylation sites is 2. The average molecular weight is 291 g/mol. The Bertz CT molecular complexity index is 629. The summed E-state index contributed by atoms with van der Waals surface area (Å²) in [5.74, 6) is 0.290. The van der Waals surface area contributed by atoms with E-state index in [4.69, 9.17) is 22.1 Å². The van der Waals surface area contributed by atoms with Gasteiger partial charge in [-0.3, -0.25) is 4.79 Å². The van der Waals surface area contributed by atoms with Crippen molar-refractivity contribution in [1.82, 2.24) is 0 Å². The van der Waals surface area contributed by atoms with Crippen molar-refractivity contribution in [3.05, 3.63) is 53.1 Å². The highest BCUT2D eigenvalue weighted by molar-refractivity contribution is 6.36. The highest BCUT2D eigenvalue weighted by atomic mass is 35.5. The van der Waals surface area contributed by atoms with Gasteiger partial charge in [0.1, 0.15) is 5.75 Å². The lowest BCUT2D eigenvalue weighted by Crippen LogP contribution is -2.14. The van der Waals surface area contributed by atoms with Crippen LogP contribution >= 0.6 is 11.6 Å². The van der Waals surface area contributed by atoms with Crippen molar-refractivity contribution in [2.75, 3.05) is 17.7 Å². The number of halogens is 1. The molecule has 0 bridgehead atoms. The Morgan fingerprint density at radius 2 is 2.00 bits per heavy atom. The number of ether oxygens (including phenoxy) is 1. The summed E-state index contributed by atoms with van der Waals surface area (Å²) in [4.78, 5) is 12.2. The van der Waals surface area contributed by atoms with Crippen LogP contribution in [0.2, 0.25) is 5.02 Å². The molecule has 4 nitrogen and oxygen atoms in total. The van der Waals surface area contributed by atoms with Crippen LogP contribution in [0.15, 0.2) is 42.5 Å². The zero-order valence-electron chi connectivity index (χ0n) is 11.0. The van der Waals surface area contributed by atoms with Crippen LogP contribution in [0, 0.1) is 0 Å². The number of anilines is 2. The van der Waals surface area contributed by atoms with Crippen molar-refractivity contribution < 1.29 is 9.53 Å². The van der Waals surface area contributed by atoms with Gasteiger partial charge in [0.05, 0.1) is 28.6 Å². The molecule has 0 saturated carbocycles. The number of benzene rings is 2. The largest absolute Gasteiger partial charge is 0.492 e.